The summed E-state index contributed by atoms with van der Waals surface area (Å²) in [5.74, 6) is -2.29. The molecule has 3 aromatic carbocycles. The van der Waals surface area contributed by atoms with Crippen LogP contribution >= 0.6 is 0 Å². The van der Waals surface area contributed by atoms with Crippen LogP contribution in [0.15, 0.2) is 66.7 Å². The lowest BCUT2D eigenvalue weighted by atomic mass is 10.0. The van der Waals surface area contributed by atoms with E-state index in [9.17, 15) is 24.5 Å². The third kappa shape index (κ3) is 6.73. The first-order valence-electron chi connectivity index (χ1n) is 10.7. The standard InChI is InChI=1S/C26H23NO8/c1-3-33-26(30)22(29)15-21(28)25-23(34-16-18-7-5-4-6-8-18)13-17(2)14-24(25)35-20-11-9-19(10-12-20)27(31)32/h4-14H,3,15-16H2,1-2H3. The predicted octanol–water partition coefficient (Wildman–Crippen LogP) is 4.98. The van der Waals surface area contributed by atoms with Crippen LogP contribution in [0.2, 0.25) is 0 Å². The fraction of sp³-hybridized carbons (Fsp3) is 0.192. The Morgan fingerprint density at radius 1 is 0.943 bits per heavy atom. The van der Waals surface area contributed by atoms with E-state index in [1.54, 1.807) is 26.0 Å². The normalized spacial score (nSPS) is 10.3. The molecule has 0 N–H and O–H groups in total. The van der Waals surface area contributed by atoms with Gasteiger partial charge in [0.1, 0.15) is 29.4 Å². The van der Waals surface area contributed by atoms with Crippen LogP contribution < -0.4 is 9.47 Å². The molecule has 0 aromatic heterocycles. The Kier molecular flexibility index (Phi) is 8.29. The Hall–Kier alpha value is -4.53. The summed E-state index contributed by atoms with van der Waals surface area (Å²) in [6.45, 7) is 3.48. The van der Waals surface area contributed by atoms with Crippen molar-refractivity contribution in [3.63, 3.8) is 0 Å². The highest BCUT2D eigenvalue weighted by atomic mass is 16.6. The molecule has 0 saturated heterocycles. The zero-order valence-electron chi connectivity index (χ0n) is 19.2. The van der Waals surface area contributed by atoms with Crippen molar-refractivity contribution in [2.75, 3.05) is 6.61 Å². The molecule has 0 bridgehead atoms. The van der Waals surface area contributed by atoms with E-state index >= 15 is 0 Å². The molecule has 35 heavy (non-hydrogen) atoms. The Bertz CT molecular complexity index is 1240. The molecule has 3 rings (SSSR count). The number of nitro groups is 1. The van der Waals surface area contributed by atoms with E-state index in [-0.39, 0.29) is 41.7 Å². The van der Waals surface area contributed by atoms with E-state index in [0.29, 0.717) is 5.56 Å². The maximum atomic E-state index is 13.2. The van der Waals surface area contributed by atoms with Gasteiger partial charge >= 0.3 is 5.97 Å². The monoisotopic (exact) mass is 477 g/mol. The maximum Gasteiger partial charge on any atom is 0.375 e. The van der Waals surface area contributed by atoms with Crippen LogP contribution in [0, 0.1) is 17.0 Å². The van der Waals surface area contributed by atoms with Gasteiger partial charge in [-0.1, -0.05) is 30.3 Å². The summed E-state index contributed by atoms with van der Waals surface area (Å²) in [6, 6.07) is 17.8. The second kappa shape index (κ2) is 11.6. The van der Waals surface area contributed by atoms with Gasteiger partial charge in [0.25, 0.3) is 5.69 Å². The fourth-order valence-electron chi connectivity index (χ4n) is 3.21. The number of Topliss-reactive ketones (excluding diaryl/α,β-unsaturated/α-hetero) is 2. The van der Waals surface area contributed by atoms with Gasteiger partial charge in [0.2, 0.25) is 5.78 Å². The second-order valence-corrected chi connectivity index (χ2v) is 7.51. The summed E-state index contributed by atoms with van der Waals surface area (Å²) < 4.78 is 16.5. The van der Waals surface area contributed by atoms with Gasteiger partial charge in [0.15, 0.2) is 5.78 Å². The van der Waals surface area contributed by atoms with Crippen molar-refractivity contribution in [2.45, 2.75) is 26.9 Å². The number of carbonyl (C=O) groups is 3. The number of aryl methyl sites for hydroxylation is 1. The molecule has 0 aliphatic heterocycles. The molecule has 0 saturated carbocycles. The lowest BCUT2D eigenvalue weighted by Crippen LogP contribution is -2.21. The van der Waals surface area contributed by atoms with E-state index in [4.69, 9.17) is 14.2 Å². The van der Waals surface area contributed by atoms with E-state index in [2.05, 4.69) is 0 Å². The second-order valence-electron chi connectivity index (χ2n) is 7.51. The average Bonchev–Trinajstić information content (AvgIpc) is 2.83. The first kappa shape index (κ1) is 25.1. The molecular formula is C26H23NO8. The summed E-state index contributed by atoms with van der Waals surface area (Å²) in [6.07, 6.45) is -0.736. The SMILES string of the molecule is CCOC(=O)C(=O)CC(=O)c1c(OCc2ccccc2)cc(C)cc1Oc1ccc([N+](=O)[O-])cc1. The Labute approximate surface area is 201 Å². The highest BCUT2D eigenvalue weighted by Crippen LogP contribution is 2.36. The van der Waals surface area contributed by atoms with Crippen LogP contribution in [-0.4, -0.2) is 29.1 Å². The summed E-state index contributed by atoms with van der Waals surface area (Å²) in [7, 11) is 0. The smallest absolute Gasteiger partial charge is 0.375 e. The number of rotatable bonds is 11. The Balaban J connectivity index is 1.97. The molecule has 0 aliphatic rings. The first-order valence-corrected chi connectivity index (χ1v) is 10.7. The highest BCUT2D eigenvalue weighted by Gasteiger charge is 2.26. The van der Waals surface area contributed by atoms with Crippen molar-refractivity contribution in [3.05, 3.63) is 93.5 Å². The molecular weight excluding hydrogens is 454 g/mol. The van der Waals surface area contributed by atoms with E-state index < -0.39 is 28.9 Å². The Morgan fingerprint density at radius 2 is 1.60 bits per heavy atom. The van der Waals surface area contributed by atoms with Crippen molar-refractivity contribution < 1.29 is 33.5 Å². The quantitative estimate of drug-likeness (QED) is 0.0946. The minimum atomic E-state index is -1.10. The number of carbonyl (C=O) groups excluding carboxylic acids is 3. The zero-order chi connectivity index (χ0) is 25.4. The van der Waals surface area contributed by atoms with Gasteiger partial charge in [-0.3, -0.25) is 19.7 Å². The van der Waals surface area contributed by atoms with Gasteiger partial charge in [-0.05, 0) is 49.2 Å². The third-order valence-electron chi connectivity index (χ3n) is 4.83. The number of nitrogens with zero attached hydrogens (tertiary/aromatic N) is 1. The average molecular weight is 477 g/mol. The van der Waals surface area contributed by atoms with Crippen molar-refractivity contribution in [1.29, 1.82) is 0 Å². The van der Waals surface area contributed by atoms with Gasteiger partial charge in [-0.25, -0.2) is 4.79 Å². The van der Waals surface area contributed by atoms with Crippen molar-refractivity contribution in [2.24, 2.45) is 0 Å². The van der Waals surface area contributed by atoms with Crippen LogP contribution in [0.5, 0.6) is 17.2 Å². The van der Waals surface area contributed by atoms with Gasteiger partial charge in [-0.15, -0.1) is 0 Å². The summed E-state index contributed by atoms with van der Waals surface area (Å²) in [5, 5.41) is 10.9. The van der Waals surface area contributed by atoms with Crippen LogP contribution in [-0.2, 0) is 20.9 Å². The van der Waals surface area contributed by atoms with Gasteiger partial charge in [0, 0.05) is 12.1 Å². The fourth-order valence-corrected chi connectivity index (χ4v) is 3.21. The third-order valence-corrected chi connectivity index (χ3v) is 4.83. The highest BCUT2D eigenvalue weighted by molar-refractivity contribution is 6.38. The minimum Gasteiger partial charge on any atom is -0.488 e. The number of benzene rings is 3. The van der Waals surface area contributed by atoms with Gasteiger partial charge < -0.3 is 14.2 Å². The van der Waals surface area contributed by atoms with Crippen LogP contribution in [0.3, 0.4) is 0 Å². The van der Waals surface area contributed by atoms with Crippen molar-refractivity contribution >= 4 is 23.2 Å². The molecule has 0 radical (unpaired) electrons. The van der Waals surface area contributed by atoms with Gasteiger partial charge in [0.05, 0.1) is 18.0 Å². The molecule has 0 atom stereocenters. The lowest BCUT2D eigenvalue weighted by molar-refractivity contribution is -0.384. The van der Waals surface area contributed by atoms with Crippen molar-refractivity contribution in [3.8, 4) is 17.2 Å². The maximum absolute atomic E-state index is 13.2. The largest absolute Gasteiger partial charge is 0.488 e. The van der Waals surface area contributed by atoms with E-state index in [0.717, 1.165) is 5.56 Å². The number of nitro benzene ring substituents is 1. The number of ketones is 2. The topological polar surface area (TPSA) is 122 Å². The number of ether oxygens (including phenoxy) is 3. The summed E-state index contributed by atoms with van der Waals surface area (Å²) >= 11 is 0. The van der Waals surface area contributed by atoms with E-state index in [1.165, 1.54) is 24.3 Å². The molecule has 0 aliphatic carbocycles. The van der Waals surface area contributed by atoms with Crippen LogP contribution in [0.1, 0.15) is 34.8 Å². The molecule has 0 amide bonds. The number of esters is 1. The number of hydrogen-bond acceptors (Lipinski definition) is 8. The van der Waals surface area contributed by atoms with Gasteiger partial charge in [-0.2, -0.15) is 0 Å². The molecule has 0 unspecified atom stereocenters. The molecule has 0 fully saturated rings. The Morgan fingerprint density at radius 3 is 2.23 bits per heavy atom. The molecule has 9 heteroatoms. The summed E-state index contributed by atoms with van der Waals surface area (Å²) in [5.41, 5.74) is 1.42. The first-order chi connectivity index (χ1) is 16.8. The summed E-state index contributed by atoms with van der Waals surface area (Å²) in [4.78, 5) is 47.6. The number of hydrogen-bond donors (Lipinski definition) is 0. The lowest BCUT2D eigenvalue weighted by Gasteiger charge is -2.17. The molecule has 3 aromatic rings. The predicted molar refractivity (Wildman–Crippen MR) is 126 cm³/mol. The molecule has 180 valence electrons. The molecule has 9 nitrogen and oxygen atoms in total. The molecule has 0 spiro atoms. The molecule has 0 heterocycles. The number of non-ortho nitro benzene ring substituents is 1. The zero-order valence-corrected chi connectivity index (χ0v) is 19.2. The van der Waals surface area contributed by atoms with E-state index in [1.807, 2.05) is 30.3 Å². The van der Waals surface area contributed by atoms with Crippen LogP contribution in [0.25, 0.3) is 0 Å². The van der Waals surface area contributed by atoms with Crippen LogP contribution in [0.4, 0.5) is 5.69 Å². The van der Waals surface area contributed by atoms with Crippen molar-refractivity contribution in [1.82, 2.24) is 0 Å². The minimum absolute atomic E-state index is 0.00321.